The number of hydrogen-bond acceptors (Lipinski definition) is 5. The second kappa shape index (κ2) is 5.85. The maximum atomic E-state index is 9.44. The van der Waals surface area contributed by atoms with E-state index in [2.05, 4.69) is 0 Å². The van der Waals surface area contributed by atoms with E-state index in [1.807, 2.05) is 0 Å². The van der Waals surface area contributed by atoms with Gasteiger partial charge in [0, 0.05) is 12.3 Å². The Morgan fingerprint density at radius 1 is 1.36 bits per heavy atom. The Morgan fingerprint density at radius 3 is 2.64 bits per heavy atom. The van der Waals surface area contributed by atoms with Crippen molar-refractivity contribution in [2.24, 2.45) is 0 Å². The predicted octanol–water partition coefficient (Wildman–Crippen LogP) is -0.929. The number of alkyl halides is 1. The smallest absolute Gasteiger partial charge is 0.184 e. The summed E-state index contributed by atoms with van der Waals surface area (Å²) in [6.45, 7) is -0.0356. The SMILES string of the molecule is OC[C@H]1OC(OCCCl)C(O)CC1O. The van der Waals surface area contributed by atoms with Crippen LogP contribution < -0.4 is 0 Å². The minimum absolute atomic E-state index is 0.137. The quantitative estimate of drug-likeness (QED) is 0.540. The van der Waals surface area contributed by atoms with Crippen molar-refractivity contribution in [1.29, 1.82) is 0 Å². The number of hydrogen-bond donors (Lipinski definition) is 3. The van der Waals surface area contributed by atoms with Crippen LogP contribution in [0.4, 0.5) is 0 Å². The lowest BCUT2D eigenvalue weighted by molar-refractivity contribution is -0.268. The number of rotatable bonds is 4. The zero-order valence-corrected chi connectivity index (χ0v) is 8.43. The average Bonchev–Trinajstić information content (AvgIpc) is 2.17. The molecule has 4 atom stereocenters. The fourth-order valence-electron chi connectivity index (χ4n) is 1.34. The van der Waals surface area contributed by atoms with Crippen molar-refractivity contribution in [2.75, 3.05) is 19.1 Å². The van der Waals surface area contributed by atoms with E-state index in [4.69, 9.17) is 26.2 Å². The first-order valence-corrected chi connectivity index (χ1v) is 5.02. The Bertz CT molecular complexity index is 168. The Balaban J connectivity index is 2.42. The Kier molecular flexibility index (Phi) is 5.08. The molecule has 1 rings (SSSR count). The molecule has 0 bridgehead atoms. The monoisotopic (exact) mass is 226 g/mol. The molecule has 6 heteroatoms. The summed E-state index contributed by atoms with van der Waals surface area (Å²) in [6.07, 6.45) is -3.10. The van der Waals surface area contributed by atoms with Gasteiger partial charge in [-0.25, -0.2) is 0 Å². The van der Waals surface area contributed by atoms with E-state index in [0.717, 1.165) is 0 Å². The fourth-order valence-corrected chi connectivity index (χ4v) is 1.43. The molecule has 84 valence electrons. The molecule has 1 aliphatic rings. The van der Waals surface area contributed by atoms with Gasteiger partial charge in [0.15, 0.2) is 6.29 Å². The molecule has 1 aliphatic heterocycles. The van der Waals surface area contributed by atoms with E-state index >= 15 is 0 Å². The summed E-state index contributed by atoms with van der Waals surface area (Å²) < 4.78 is 10.2. The van der Waals surface area contributed by atoms with Gasteiger partial charge in [0.25, 0.3) is 0 Å². The number of aliphatic hydroxyl groups is 3. The van der Waals surface area contributed by atoms with Gasteiger partial charge < -0.3 is 24.8 Å². The van der Waals surface area contributed by atoms with Crippen molar-refractivity contribution >= 4 is 11.6 Å². The molecule has 3 N–H and O–H groups in total. The van der Waals surface area contributed by atoms with E-state index in [1.54, 1.807) is 0 Å². The summed E-state index contributed by atoms with van der Waals surface area (Å²) in [5.41, 5.74) is 0. The molecular weight excluding hydrogens is 212 g/mol. The highest BCUT2D eigenvalue weighted by atomic mass is 35.5. The van der Waals surface area contributed by atoms with Crippen LogP contribution in [0.25, 0.3) is 0 Å². The van der Waals surface area contributed by atoms with Gasteiger partial charge in [0.2, 0.25) is 0 Å². The van der Waals surface area contributed by atoms with Gasteiger partial charge in [-0.1, -0.05) is 0 Å². The first kappa shape index (κ1) is 12.2. The highest BCUT2D eigenvalue weighted by Crippen LogP contribution is 2.20. The third kappa shape index (κ3) is 3.05. The van der Waals surface area contributed by atoms with Gasteiger partial charge in [0.1, 0.15) is 12.2 Å². The molecule has 0 saturated carbocycles. The van der Waals surface area contributed by atoms with E-state index < -0.39 is 24.6 Å². The van der Waals surface area contributed by atoms with Gasteiger partial charge in [-0.3, -0.25) is 0 Å². The van der Waals surface area contributed by atoms with Gasteiger partial charge in [0.05, 0.1) is 19.3 Å². The first-order valence-electron chi connectivity index (χ1n) is 4.49. The van der Waals surface area contributed by atoms with Gasteiger partial charge in [-0.05, 0) is 0 Å². The zero-order chi connectivity index (χ0) is 10.6. The molecule has 0 spiro atoms. The number of ether oxygens (including phenoxy) is 2. The summed E-state index contributed by atoms with van der Waals surface area (Å²) in [7, 11) is 0. The Morgan fingerprint density at radius 2 is 2.07 bits per heavy atom. The number of halogens is 1. The normalized spacial score (nSPS) is 38.6. The van der Waals surface area contributed by atoms with E-state index in [0.29, 0.717) is 5.88 Å². The summed E-state index contributed by atoms with van der Waals surface area (Å²) in [5.74, 6) is 0.304. The van der Waals surface area contributed by atoms with E-state index in [-0.39, 0.29) is 19.6 Å². The molecule has 1 heterocycles. The van der Waals surface area contributed by atoms with Crippen LogP contribution in [0.1, 0.15) is 6.42 Å². The van der Waals surface area contributed by atoms with Crippen LogP contribution in [0.15, 0.2) is 0 Å². The standard InChI is InChI=1S/C8H15ClO5/c9-1-2-13-8-6(12)3-5(11)7(4-10)14-8/h5-8,10-12H,1-4H2/t5?,6?,7-,8?/m1/s1. The highest BCUT2D eigenvalue weighted by Gasteiger charge is 2.36. The van der Waals surface area contributed by atoms with Crippen molar-refractivity contribution in [2.45, 2.75) is 31.0 Å². The highest BCUT2D eigenvalue weighted by molar-refractivity contribution is 6.17. The van der Waals surface area contributed by atoms with Crippen LogP contribution in [-0.4, -0.2) is 59.0 Å². The molecule has 5 nitrogen and oxygen atoms in total. The topological polar surface area (TPSA) is 79.2 Å². The van der Waals surface area contributed by atoms with Crippen LogP contribution >= 0.6 is 11.6 Å². The average molecular weight is 227 g/mol. The second-order valence-corrected chi connectivity index (χ2v) is 3.53. The molecule has 0 aliphatic carbocycles. The number of aliphatic hydroxyl groups excluding tert-OH is 3. The third-order valence-electron chi connectivity index (χ3n) is 2.07. The third-order valence-corrected chi connectivity index (χ3v) is 2.23. The largest absolute Gasteiger partial charge is 0.394 e. The molecular formula is C8H15ClO5. The van der Waals surface area contributed by atoms with Crippen molar-refractivity contribution in [1.82, 2.24) is 0 Å². The van der Waals surface area contributed by atoms with Crippen LogP contribution in [-0.2, 0) is 9.47 Å². The molecule has 0 amide bonds. The molecule has 1 saturated heterocycles. The zero-order valence-electron chi connectivity index (χ0n) is 7.67. The van der Waals surface area contributed by atoms with Crippen LogP contribution in [0.2, 0.25) is 0 Å². The molecule has 3 unspecified atom stereocenters. The van der Waals surface area contributed by atoms with Crippen molar-refractivity contribution in [3.8, 4) is 0 Å². The minimum atomic E-state index is -0.879. The van der Waals surface area contributed by atoms with E-state index in [9.17, 15) is 10.2 Å². The van der Waals surface area contributed by atoms with E-state index in [1.165, 1.54) is 0 Å². The maximum absolute atomic E-state index is 9.44. The fraction of sp³-hybridized carbons (Fsp3) is 1.00. The van der Waals surface area contributed by atoms with Crippen LogP contribution in [0.5, 0.6) is 0 Å². The van der Waals surface area contributed by atoms with Crippen molar-refractivity contribution < 1.29 is 24.8 Å². The summed E-state index contributed by atoms with van der Waals surface area (Å²) >= 11 is 5.41. The lowest BCUT2D eigenvalue weighted by atomic mass is 10.0. The molecule has 1 fully saturated rings. The predicted molar refractivity (Wildman–Crippen MR) is 49.0 cm³/mol. The lowest BCUT2D eigenvalue weighted by Crippen LogP contribution is -2.49. The van der Waals surface area contributed by atoms with Gasteiger partial charge >= 0.3 is 0 Å². The summed E-state index contributed by atoms with van der Waals surface area (Å²) in [4.78, 5) is 0. The molecule has 14 heavy (non-hydrogen) atoms. The van der Waals surface area contributed by atoms with Crippen LogP contribution in [0, 0.1) is 0 Å². The van der Waals surface area contributed by atoms with Crippen LogP contribution in [0.3, 0.4) is 0 Å². The summed E-state index contributed by atoms with van der Waals surface area (Å²) in [5, 5.41) is 27.6. The van der Waals surface area contributed by atoms with Crippen molar-refractivity contribution in [3.63, 3.8) is 0 Å². The maximum Gasteiger partial charge on any atom is 0.184 e. The molecule has 0 aromatic heterocycles. The Hall–Kier alpha value is 0.0900. The molecule has 0 radical (unpaired) electrons. The lowest BCUT2D eigenvalue weighted by Gasteiger charge is -2.35. The summed E-state index contributed by atoms with van der Waals surface area (Å²) in [6, 6.07) is 0. The molecule has 0 aromatic rings. The second-order valence-electron chi connectivity index (χ2n) is 3.16. The van der Waals surface area contributed by atoms with Crippen molar-refractivity contribution in [3.05, 3.63) is 0 Å². The van der Waals surface area contributed by atoms with Gasteiger partial charge in [-0.15, -0.1) is 11.6 Å². The van der Waals surface area contributed by atoms with Gasteiger partial charge in [-0.2, -0.15) is 0 Å². The first-order chi connectivity index (χ1) is 6.69. The molecule has 0 aromatic carbocycles. The Labute approximate surface area is 87.2 Å². The minimum Gasteiger partial charge on any atom is -0.394 e.